The zero-order valence-corrected chi connectivity index (χ0v) is 14.8. The minimum absolute atomic E-state index is 0.203. The average Bonchev–Trinajstić information content (AvgIpc) is 2.53. The standard InChI is InChI=1S/C19H28N2O2/c1-19(2)12-15-6-5-7-16(14-8-10-20(3)11-9-14)17(15)13-21(19)18(22)23-4/h5-7,14H,8-13H2,1-4H3. The Hall–Kier alpha value is -1.55. The molecule has 0 radical (unpaired) electrons. The predicted molar refractivity (Wildman–Crippen MR) is 91.6 cm³/mol. The van der Waals surface area contributed by atoms with E-state index < -0.39 is 0 Å². The maximum Gasteiger partial charge on any atom is 0.410 e. The van der Waals surface area contributed by atoms with Crippen LogP contribution in [0, 0.1) is 0 Å². The van der Waals surface area contributed by atoms with Crippen molar-refractivity contribution in [1.82, 2.24) is 9.80 Å². The number of amides is 1. The van der Waals surface area contributed by atoms with Crippen LogP contribution in [0.3, 0.4) is 0 Å². The van der Waals surface area contributed by atoms with E-state index in [0.29, 0.717) is 12.5 Å². The summed E-state index contributed by atoms with van der Waals surface area (Å²) in [5.41, 5.74) is 3.99. The summed E-state index contributed by atoms with van der Waals surface area (Å²) in [5, 5.41) is 0. The first-order chi connectivity index (χ1) is 10.9. The van der Waals surface area contributed by atoms with Crippen LogP contribution in [0.15, 0.2) is 18.2 Å². The second kappa shape index (κ2) is 6.16. The van der Waals surface area contributed by atoms with E-state index in [1.54, 1.807) is 0 Å². The molecule has 0 bridgehead atoms. The van der Waals surface area contributed by atoms with Crippen molar-refractivity contribution in [3.63, 3.8) is 0 Å². The largest absolute Gasteiger partial charge is 0.453 e. The van der Waals surface area contributed by atoms with Crippen molar-refractivity contribution < 1.29 is 9.53 Å². The first-order valence-corrected chi connectivity index (χ1v) is 8.57. The summed E-state index contributed by atoms with van der Waals surface area (Å²) in [5.74, 6) is 0.613. The van der Waals surface area contributed by atoms with Gasteiger partial charge in [-0.15, -0.1) is 0 Å². The first kappa shape index (κ1) is 16.3. The van der Waals surface area contributed by atoms with Crippen LogP contribution < -0.4 is 0 Å². The molecule has 0 saturated carbocycles. The molecule has 0 aliphatic carbocycles. The molecule has 1 fully saturated rings. The second-order valence-corrected chi connectivity index (χ2v) is 7.61. The molecule has 1 saturated heterocycles. The van der Waals surface area contributed by atoms with Crippen molar-refractivity contribution in [2.45, 2.75) is 51.1 Å². The summed E-state index contributed by atoms with van der Waals surface area (Å²) >= 11 is 0. The fraction of sp³-hybridized carbons (Fsp3) is 0.632. The highest BCUT2D eigenvalue weighted by Crippen LogP contribution is 2.38. The Labute approximate surface area is 139 Å². The van der Waals surface area contributed by atoms with Crippen LogP contribution in [0.5, 0.6) is 0 Å². The van der Waals surface area contributed by atoms with Crippen LogP contribution in [0.25, 0.3) is 0 Å². The highest BCUT2D eigenvalue weighted by atomic mass is 16.5. The number of nitrogens with zero attached hydrogens (tertiary/aromatic N) is 2. The molecular formula is C19H28N2O2. The van der Waals surface area contributed by atoms with Gasteiger partial charge in [0.1, 0.15) is 0 Å². The van der Waals surface area contributed by atoms with Gasteiger partial charge in [0.15, 0.2) is 0 Å². The Morgan fingerprint density at radius 1 is 1.26 bits per heavy atom. The number of carbonyl (C=O) groups excluding carboxylic acids is 1. The molecule has 2 heterocycles. The van der Waals surface area contributed by atoms with E-state index in [9.17, 15) is 4.79 Å². The number of piperidine rings is 1. The van der Waals surface area contributed by atoms with E-state index in [1.807, 2.05) is 4.90 Å². The van der Waals surface area contributed by atoms with Crippen molar-refractivity contribution in [2.24, 2.45) is 0 Å². The molecule has 0 unspecified atom stereocenters. The Kier molecular flexibility index (Phi) is 4.37. The Morgan fingerprint density at radius 3 is 2.61 bits per heavy atom. The van der Waals surface area contributed by atoms with Gasteiger partial charge in [-0.2, -0.15) is 0 Å². The van der Waals surface area contributed by atoms with Gasteiger partial charge in [0.05, 0.1) is 13.7 Å². The van der Waals surface area contributed by atoms with Crippen LogP contribution in [0.2, 0.25) is 0 Å². The normalized spacial score (nSPS) is 21.8. The molecule has 1 amide bonds. The molecule has 3 rings (SSSR count). The molecule has 1 aromatic rings. The lowest BCUT2D eigenvalue weighted by Gasteiger charge is -2.43. The maximum atomic E-state index is 12.2. The number of ether oxygens (including phenoxy) is 1. The third-order valence-corrected chi connectivity index (χ3v) is 5.53. The van der Waals surface area contributed by atoms with E-state index in [-0.39, 0.29) is 11.6 Å². The Morgan fingerprint density at radius 2 is 1.96 bits per heavy atom. The third kappa shape index (κ3) is 3.09. The lowest BCUT2D eigenvalue weighted by atomic mass is 9.79. The highest BCUT2D eigenvalue weighted by molar-refractivity contribution is 5.69. The van der Waals surface area contributed by atoms with Crippen molar-refractivity contribution in [3.05, 3.63) is 34.9 Å². The van der Waals surface area contributed by atoms with Gasteiger partial charge in [-0.25, -0.2) is 4.79 Å². The van der Waals surface area contributed by atoms with E-state index in [0.717, 1.165) is 19.5 Å². The fourth-order valence-corrected chi connectivity index (χ4v) is 4.07. The van der Waals surface area contributed by atoms with Crippen molar-refractivity contribution in [2.75, 3.05) is 27.2 Å². The highest BCUT2D eigenvalue weighted by Gasteiger charge is 2.38. The van der Waals surface area contributed by atoms with Gasteiger partial charge in [-0.3, -0.25) is 4.90 Å². The van der Waals surface area contributed by atoms with E-state index in [4.69, 9.17) is 4.74 Å². The van der Waals surface area contributed by atoms with Crippen LogP contribution in [0.4, 0.5) is 4.79 Å². The van der Waals surface area contributed by atoms with Crippen molar-refractivity contribution in [3.8, 4) is 0 Å². The molecule has 0 aromatic heterocycles. The number of benzene rings is 1. The average molecular weight is 316 g/mol. The number of rotatable bonds is 1. The lowest BCUT2D eigenvalue weighted by Crippen LogP contribution is -2.51. The van der Waals surface area contributed by atoms with Crippen LogP contribution in [-0.4, -0.2) is 48.7 Å². The van der Waals surface area contributed by atoms with Crippen LogP contribution in [0.1, 0.15) is 49.3 Å². The minimum Gasteiger partial charge on any atom is -0.453 e. The van der Waals surface area contributed by atoms with Crippen molar-refractivity contribution in [1.29, 1.82) is 0 Å². The summed E-state index contributed by atoms with van der Waals surface area (Å²) in [6.45, 7) is 7.21. The van der Waals surface area contributed by atoms with Crippen LogP contribution in [-0.2, 0) is 17.7 Å². The SMILES string of the molecule is COC(=O)N1Cc2c(cccc2C2CCN(C)CC2)CC1(C)C. The van der Waals surface area contributed by atoms with Gasteiger partial charge in [0, 0.05) is 5.54 Å². The number of methoxy groups -OCH3 is 1. The fourth-order valence-electron chi connectivity index (χ4n) is 4.07. The number of carbonyl (C=O) groups is 1. The molecule has 4 heteroatoms. The smallest absolute Gasteiger partial charge is 0.410 e. The lowest BCUT2D eigenvalue weighted by molar-refractivity contribution is 0.0652. The number of hydrogen-bond acceptors (Lipinski definition) is 3. The van der Waals surface area contributed by atoms with Crippen molar-refractivity contribution >= 4 is 6.09 Å². The molecule has 126 valence electrons. The minimum atomic E-state index is -0.223. The topological polar surface area (TPSA) is 32.8 Å². The maximum absolute atomic E-state index is 12.2. The Balaban J connectivity index is 1.93. The van der Waals surface area contributed by atoms with Crippen LogP contribution >= 0.6 is 0 Å². The second-order valence-electron chi connectivity index (χ2n) is 7.61. The molecule has 4 nitrogen and oxygen atoms in total. The van der Waals surface area contributed by atoms with E-state index >= 15 is 0 Å². The summed E-state index contributed by atoms with van der Waals surface area (Å²) in [6.07, 6.45) is 3.07. The molecule has 2 aliphatic heterocycles. The molecule has 0 atom stereocenters. The number of likely N-dealkylation sites (tertiary alicyclic amines) is 1. The zero-order chi connectivity index (χ0) is 16.6. The first-order valence-electron chi connectivity index (χ1n) is 8.57. The predicted octanol–water partition coefficient (Wildman–Crippen LogP) is 3.40. The molecule has 0 spiro atoms. The molecule has 1 aromatic carbocycles. The van der Waals surface area contributed by atoms with Gasteiger partial charge >= 0.3 is 6.09 Å². The van der Waals surface area contributed by atoms with Gasteiger partial charge in [0.25, 0.3) is 0 Å². The molecule has 2 aliphatic rings. The summed E-state index contributed by atoms with van der Waals surface area (Å²) in [7, 11) is 3.66. The number of hydrogen-bond donors (Lipinski definition) is 0. The van der Waals surface area contributed by atoms with Gasteiger partial charge in [-0.1, -0.05) is 18.2 Å². The summed E-state index contributed by atoms with van der Waals surface area (Å²) in [6, 6.07) is 6.68. The molecular weight excluding hydrogens is 288 g/mol. The van der Waals surface area contributed by atoms with E-state index in [1.165, 1.54) is 36.6 Å². The quantitative estimate of drug-likeness (QED) is 0.796. The van der Waals surface area contributed by atoms with E-state index in [2.05, 4.69) is 44.0 Å². The summed E-state index contributed by atoms with van der Waals surface area (Å²) < 4.78 is 5.02. The summed E-state index contributed by atoms with van der Waals surface area (Å²) in [4.78, 5) is 16.5. The Bertz CT molecular complexity index is 589. The van der Waals surface area contributed by atoms with Gasteiger partial charge in [-0.05, 0) is 75.9 Å². The van der Waals surface area contributed by atoms with Gasteiger partial charge < -0.3 is 9.64 Å². The molecule has 0 N–H and O–H groups in total. The van der Waals surface area contributed by atoms with Gasteiger partial charge in [0.2, 0.25) is 0 Å². The molecule has 23 heavy (non-hydrogen) atoms. The monoisotopic (exact) mass is 316 g/mol. The zero-order valence-electron chi connectivity index (χ0n) is 14.8. The third-order valence-electron chi connectivity index (χ3n) is 5.53. The number of fused-ring (bicyclic) bond motifs is 1.